The van der Waals surface area contributed by atoms with E-state index in [0.29, 0.717) is 5.56 Å². The number of piperidine rings is 1. The van der Waals surface area contributed by atoms with E-state index in [-0.39, 0.29) is 37.4 Å². The predicted molar refractivity (Wildman–Crippen MR) is 98.9 cm³/mol. The molecule has 2 heterocycles. The van der Waals surface area contributed by atoms with Crippen LogP contribution in [0, 0.1) is 11.7 Å². The van der Waals surface area contributed by atoms with Crippen LogP contribution in [0.1, 0.15) is 24.0 Å². The molecule has 30 heavy (non-hydrogen) atoms. The van der Waals surface area contributed by atoms with E-state index in [1.54, 1.807) is 0 Å². The molecule has 1 atom stereocenters. The summed E-state index contributed by atoms with van der Waals surface area (Å²) in [5, 5.41) is 2.66. The molecule has 1 aromatic carbocycles. The third kappa shape index (κ3) is 5.37. The highest BCUT2D eigenvalue weighted by Crippen LogP contribution is 2.33. The maximum absolute atomic E-state index is 14.5. The van der Waals surface area contributed by atoms with Gasteiger partial charge in [-0.25, -0.2) is 26.7 Å². The van der Waals surface area contributed by atoms with E-state index in [9.17, 15) is 26.7 Å². The SMILES string of the molecule is O=C(OCc1ccc(C(F)F)cc1)N1CC[C@H](CNc2ccncc2F)C(F)(F)C1. The van der Waals surface area contributed by atoms with Crippen LogP contribution in [0.3, 0.4) is 0 Å². The Morgan fingerprint density at radius 2 is 2.00 bits per heavy atom. The van der Waals surface area contributed by atoms with Crippen molar-refractivity contribution in [2.45, 2.75) is 25.4 Å². The fourth-order valence-corrected chi connectivity index (χ4v) is 3.14. The van der Waals surface area contributed by atoms with Crippen molar-refractivity contribution in [3.05, 3.63) is 59.7 Å². The third-order valence-corrected chi connectivity index (χ3v) is 4.91. The highest BCUT2D eigenvalue weighted by atomic mass is 19.3. The van der Waals surface area contributed by atoms with Crippen LogP contribution in [0.5, 0.6) is 0 Å². The summed E-state index contributed by atoms with van der Waals surface area (Å²) in [5.74, 6) is -4.91. The number of carbonyl (C=O) groups excluding carboxylic acids is 1. The number of nitrogens with one attached hydrogen (secondary N) is 1. The molecule has 2 aromatic rings. The van der Waals surface area contributed by atoms with Crippen molar-refractivity contribution in [1.82, 2.24) is 9.88 Å². The summed E-state index contributed by atoms with van der Waals surface area (Å²) < 4.78 is 72.7. The average Bonchev–Trinajstić information content (AvgIpc) is 2.72. The van der Waals surface area contributed by atoms with Gasteiger partial charge in [-0.1, -0.05) is 24.3 Å². The third-order valence-electron chi connectivity index (χ3n) is 4.91. The zero-order chi connectivity index (χ0) is 21.7. The molecule has 162 valence electrons. The molecular formula is C20H20F5N3O2. The predicted octanol–water partition coefficient (Wildman–Crippen LogP) is 4.86. The molecule has 3 rings (SSSR count). The number of hydrogen-bond acceptors (Lipinski definition) is 4. The average molecular weight is 429 g/mol. The van der Waals surface area contributed by atoms with Crippen LogP contribution in [-0.4, -0.2) is 41.5 Å². The number of ether oxygens (including phenoxy) is 1. The number of alkyl halides is 4. The van der Waals surface area contributed by atoms with Gasteiger partial charge in [0.25, 0.3) is 12.3 Å². The molecule has 1 aliphatic heterocycles. The molecule has 0 bridgehead atoms. The summed E-state index contributed by atoms with van der Waals surface area (Å²) in [6, 6.07) is 6.56. The second-order valence-corrected chi connectivity index (χ2v) is 7.00. The van der Waals surface area contributed by atoms with Crippen molar-refractivity contribution < 1.29 is 31.5 Å². The number of pyridine rings is 1. The summed E-state index contributed by atoms with van der Waals surface area (Å²) in [6.07, 6.45) is -1.16. The number of halogens is 5. The molecule has 1 aromatic heterocycles. The summed E-state index contributed by atoms with van der Waals surface area (Å²) >= 11 is 0. The van der Waals surface area contributed by atoms with Crippen LogP contribution >= 0.6 is 0 Å². The molecule has 1 saturated heterocycles. The number of carbonyl (C=O) groups is 1. The molecule has 0 spiro atoms. The smallest absolute Gasteiger partial charge is 0.410 e. The minimum absolute atomic E-state index is 0.00485. The first-order chi connectivity index (χ1) is 14.3. The number of rotatable bonds is 6. The van der Waals surface area contributed by atoms with Crippen LogP contribution < -0.4 is 5.32 Å². The van der Waals surface area contributed by atoms with Crippen molar-refractivity contribution in [2.75, 3.05) is 25.0 Å². The van der Waals surface area contributed by atoms with Gasteiger partial charge in [0.1, 0.15) is 6.61 Å². The van der Waals surface area contributed by atoms with Gasteiger partial charge in [0.2, 0.25) is 0 Å². The number of amides is 1. The first-order valence-corrected chi connectivity index (χ1v) is 9.26. The van der Waals surface area contributed by atoms with E-state index in [1.165, 1.54) is 36.5 Å². The number of hydrogen-bond donors (Lipinski definition) is 1. The second kappa shape index (κ2) is 9.27. The summed E-state index contributed by atoms with van der Waals surface area (Å²) in [4.78, 5) is 16.7. The van der Waals surface area contributed by atoms with Gasteiger partial charge in [-0.3, -0.25) is 4.98 Å². The van der Waals surface area contributed by atoms with E-state index >= 15 is 0 Å². The van der Waals surface area contributed by atoms with Crippen molar-refractivity contribution in [3.8, 4) is 0 Å². The van der Waals surface area contributed by atoms with Gasteiger partial charge in [-0.2, -0.15) is 0 Å². The standard InChI is InChI=1S/C20H20F5N3O2/c21-16-10-26-7-5-17(16)27-9-15-6-8-28(12-20(15,24)25)19(29)30-11-13-1-3-14(4-2-13)18(22)23/h1-5,7,10,15,18H,6,8-9,11-12H2,(H,26,27)/t15-/m1/s1. The Labute approximate surface area is 169 Å². The number of nitrogens with zero attached hydrogens (tertiary/aromatic N) is 2. The molecule has 1 aliphatic rings. The second-order valence-electron chi connectivity index (χ2n) is 7.00. The summed E-state index contributed by atoms with van der Waals surface area (Å²) in [6.45, 7) is -1.13. The molecule has 0 aliphatic carbocycles. The first-order valence-electron chi connectivity index (χ1n) is 9.26. The fourth-order valence-electron chi connectivity index (χ4n) is 3.14. The first kappa shape index (κ1) is 21.8. The van der Waals surface area contributed by atoms with Gasteiger partial charge in [0.05, 0.1) is 18.4 Å². The lowest BCUT2D eigenvalue weighted by molar-refractivity contribution is -0.101. The van der Waals surface area contributed by atoms with E-state index in [0.717, 1.165) is 11.1 Å². The molecule has 1 amide bonds. The van der Waals surface area contributed by atoms with Gasteiger partial charge in [-0.05, 0) is 18.1 Å². The van der Waals surface area contributed by atoms with Crippen molar-refractivity contribution in [2.24, 2.45) is 5.92 Å². The lowest BCUT2D eigenvalue weighted by Crippen LogP contribution is -2.52. The zero-order valence-electron chi connectivity index (χ0n) is 15.8. The van der Waals surface area contributed by atoms with Crippen LogP contribution in [0.15, 0.2) is 42.7 Å². The quantitative estimate of drug-likeness (QED) is 0.666. The number of anilines is 1. The van der Waals surface area contributed by atoms with Crippen molar-refractivity contribution in [1.29, 1.82) is 0 Å². The Bertz CT molecular complexity index is 864. The normalized spacial score (nSPS) is 18.3. The Balaban J connectivity index is 1.50. The van der Waals surface area contributed by atoms with Crippen molar-refractivity contribution in [3.63, 3.8) is 0 Å². The monoisotopic (exact) mass is 429 g/mol. The Kier molecular flexibility index (Phi) is 6.73. The van der Waals surface area contributed by atoms with Gasteiger partial charge >= 0.3 is 6.09 Å². The lowest BCUT2D eigenvalue weighted by Gasteiger charge is -2.37. The summed E-state index contributed by atoms with van der Waals surface area (Å²) in [7, 11) is 0. The van der Waals surface area contributed by atoms with Gasteiger partial charge in [0, 0.05) is 30.8 Å². The zero-order valence-corrected chi connectivity index (χ0v) is 15.8. The maximum Gasteiger partial charge on any atom is 0.410 e. The molecule has 0 saturated carbocycles. The van der Waals surface area contributed by atoms with Crippen LogP contribution in [0.4, 0.5) is 32.4 Å². The number of aromatic nitrogens is 1. The van der Waals surface area contributed by atoms with Gasteiger partial charge < -0.3 is 15.0 Å². The Morgan fingerprint density at radius 1 is 1.27 bits per heavy atom. The maximum atomic E-state index is 14.5. The highest BCUT2D eigenvalue weighted by molar-refractivity contribution is 5.68. The molecule has 10 heteroatoms. The fraction of sp³-hybridized carbons (Fsp3) is 0.400. The van der Waals surface area contributed by atoms with Crippen LogP contribution in [-0.2, 0) is 11.3 Å². The highest BCUT2D eigenvalue weighted by Gasteiger charge is 2.46. The molecule has 1 fully saturated rings. The van der Waals surface area contributed by atoms with Crippen molar-refractivity contribution >= 4 is 11.8 Å². The van der Waals surface area contributed by atoms with E-state index in [4.69, 9.17) is 4.74 Å². The molecular weight excluding hydrogens is 409 g/mol. The van der Waals surface area contributed by atoms with Crippen LogP contribution in [0.25, 0.3) is 0 Å². The summed E-state index contributed by atoms with van der Waals surface area (Å²) in [5.41, 5.74) is 0.394. The molecule has 1 N–H and O–H groups in total. The largest absolute Gasteiger partial charge is 0.445 e. The minimum Gasteiger partial charge on any atom is -0.445 e. The van der Waals surface area contributed by atoms with E-state index < -0.39 is 36.7 Å². The Morgan fingerprint density at radius 3 is 2.63 bits per heavy atom. The van der Waals surface area contributed by atoms with Gasteiger partial charge in [0.15, 0.2) is 5.82 Å². The molecule has 5 nitrogen and oxygen atoms in total. The molecule has 0 unspecified atom stereocenters. The van der Waals surface area contributed by atoms with E-state index in [1.807, 2.05) is 0 Å². The molecule has 0 radical (unpaired) electrons. The Hall–Kier alpha value is -2.91. The van der Waals surface area contributed by atoms with E-state index in [2.05, 4.69) is 10.3 Å². The number of benzene rings is 1. The number of likely N-dealkylation sites (tertiary alicyclic amines) is 1. The van der Waals surface area contributed by atoms with Gasteiger partial charge in [-0.15, -0.1) is 0 Å². The topological polar surface area (TPSA) is 54.5 Å². The van der Waals surface area contributed by atoms with Crippen LogP contribution in [0.2, 0.25) is 0 Å². The lowest BCUT2D eigenvalue weighted by atomic mass is 9.93. The minimum atomic E-state index is -3.19.